The zero-order chi connectivity index (χ0) is 7.82. The monoisotopic (exact) mass is 146 g/mol. The fourth-order valence-electron chi connectivity index (χ4n) is 0.708. The summed E-state index contributed by atoms with van der Waals surface area (Å²) in [7, 11) is 0. The lowest BCUT2D eigenvalue weighted by Gasteiger charge is -2.04. The Bertz CT molecular complexity index is 62.3. The number of rotatable bonds is 6. The van der Waals surface area contributed by atoms with E-state index in [2.05, 4.69) is 6.92 Å². The first kappa shape index (κ1) is 9.92. The van der Waals surface area contributed by atoms with Crippen LogP contribution >= 0.6 is 0 Å². The zero-order valence-corrected chi connectivity index (χ0v) is 6.97. The molecule has 0 aliphatic carbocycles. The number of hydrogen-bond donors (Lipinski definition) is 1. The number of aliphatic hydroxyl groups excluding tert-OH is 1. The van der Waals surface area contributed by atoms with E-state index in [-0.39, 0.29) is 6.10 Å². The molecule has 0 saturated carbocycles. The summed E-state index contributed by atoms with van der Waals surface area (Å²) in [5.41, 5.74) is 0. The first-order valence-electron chi connectivity index (χ1n) is 4.03. The van der Waals surface area contributed by atoms with Crippen molar-refractivity contribution in [3.8, 4) is 0 Å². The summed E-state index contributed by atoms with van der Waals surface area (Å²) in [6.45, 7) is 5.16. The smallest absolute Gasteiger partial charge is 0.0745 e. The molecule has 0 heterocycles. The van der Waals surface area contributed by atoms with Crippen molar-refractivity contribution in [2.75, 3.05) is 13.2 Å². The first-order chi connectivity index (χ1) is 4.77. The van der Waals surface area contributed by atoms with Gasteiger partial charge < -0.3 is 9.84 Å². The Morgan fingerprint density at radius 1 is 1.40 bits per heavy atom. The number of ether oxygens (including phenoxy) is 1. The number of aliphatic hydroxyl groups is 1. The van der Waals surface area contributed by atoms with Gasteiger partial charge >= 0.3 is 0 Å². The maximum Gasteiger partial charge on any atom is 0.0745 e. The van der Waals surface area contributed by atoms with Crippen molar-refractivity contribution in [3.63, 3.8) is 0 Å². The molecule has 0 aromatic heterocycles. The lowest BCUT2D eigenvalue weighted by Crippen LogP contribution is -2.10. The van der Waals surface area contributed by atoms with E-state index in [1.807, 2.05) is 0 Å². The highest BCUT2D eigenvalue weighted by atomic mass is 16.5. The molecular weight excluding hydrogens is 128 g/mol. The molecular formula is C8H18O2. The lowest BCUT2D eigenvalue weighted by molar-refractivity contribution is 0.0446. The molecule has 0 rings (SSSR count). The highest BCUT2D eigenvalue weighted by Crippen LogP contribution is 1.94. The molecule has 0 fully saturated rings. The summed E-state index contributed by atoms with van der Waals surface area (Å²) >= 11 is 0. The Morgan fingerprint density at radius 2 is 2.10 bits per heavy atom. The van der Waals surface area contributed by atoms with Gasteiger partial charge in [0.15, 0.2) is 0 Å². The van der Waals surface area contributed by atoms with E-state index < -0.39 is 0 Å². The van der Waals surface area contributed by atoms with E-state index in [9.17, 15) is 0 Å². The van der Waals surface area contributed by atoms with Gasteiger partial charge in [-0.25, -0.2) is 0 Å². The average molecular weight is 146 g/mol. The molecule has 0 aromatic carbocycles. The maximum absolute atomic E-state index is 8.78. The van der Waals surface area contributed by atoms with Crippen molar-refractivity contribution in [2.24, 2.45) is 0 Å². The molecule has 0 aliphatic heterocycles. The van der Waals surface area contributed by atoms with Crippen LogP contribution in [0.25, 0.3) is 0 Å². The fourth-order valence-corrected chi connectivity index (χ4v) is 0.708. The Balaban J connectivity index is 2.77. The Hall–Kier alpha value is -0.0800. The largest absolute Gasteiger partial charge is 0.391 e. The van der Waals surface area contributed by atoms with E-state index in [0.717, 1.165) is 13.0 Å². The molecule has 0 saturated heterocycles. The van der Waals surface area contributed by atoms with Crippen LogP contribution in [0.15, 0.2) is 0 Å². The van der Waals surface area contributed by atoms with Crippen molar-refractivity contribution in [1.29, 1.82) is 0 Å². The van der Waals surface area contributed by atoms with Crippen LogP contribution in [-0.4, -0.2) is 24.4 Å². The van der Waals surface area contributed by atoms with Gasteiger partial charge in [0.25, 0.3) is 0 Å². The summed E-state index contributed by atoms with van der Waals surface area (Å²) in [6, 6.07) is 0. The molecule has 1 atom stereocenters. The zero-order valence-electron chi connectivity index (χ0n) is 6.97. The molecule has 0 radical (unpaired) electrons. The van der Waals surface area contributed by atoms with Gasteiger partial charge in [0, 0.05) is 6.61 Å². The molecule has 1 N–H and O–H groups in total. The fraction of sp³-hybridized carbons (Fsp3) is 1.00. The van der Waals surface area contributed by atoms with Crippen LogP contribution in [0.1, 0.15) is 33.1 Å². The molecule has 10 heavy (non-hydrogen) atoms. The second kappa shape index (κ2) is 7.03. The van der Waals surface area contributed by atoms with Crippen molar-refractivity contribution in [1.82, 2.24) is 0 Å². The third-order valence-corrected chi connectivity index (χ3v) is 1.25. The number of unbranched alkanes of at least 4 members (excludes halogenated alkanes) is 2. The predicted molar refractivity (Wildman–Crippen MR) is 42.0 cm³/mol. The van der Waals surface area contributed by atoms with E-state index >= 15 is 0 Å². The highest BCUT2D eigenvalue weighted by molar-refractivity contribution is 4.42. The molecule has 1 unspecified atom stereocenters. The van der Waals surface area contributed by atoms with Crippen LogP contribution in [0, 0.1) is 0 Å². The molecule has 62 valence electrons. The van der Waals surface area contributed by atoms with Gasteiger partial charge in [-0.2, -0.15) is 0 Å². The summed E-state index contributed by atoms with van der Waals surface area (Å²) in [4.78, 5) is 0. The molecule has 0 bridgehead atoms. The standard InChI is InChI=1S/C8H18O2/c1-3-4-5-6-10-7-8(2)9/h8-9H,3-7H2,1-2H3. The summed E-state index contributed by atoms with van der Waals surface area (Å²) < 4.78 is 5.15. The molecule has 2 nitrogen and oxygen atoms in total. The minimum absolute atomic E-state index is 0.318. The van der Waals surface area contributed by atoms with Crippen molar-refractivity contribution in [2.45, 2.75) is 39.2 Å². The summed E-state index contributed by atoms with van der Waals surface area (Å²) in [6.07, 6.45) is 3.24. The second-order valence-electron chi connectivity index (χ2n) is 2.63. The lowest BCUT2D eigenvalue weighted by atomic mass is 10.3. The molecule has 0 aliphatic rings. The van der Waals surface area contributed by atoms with E-state index in [0.29, 0.717) is 6.61 Å². The predicted octanol–water partition coefficient (Wildman–Crippen LogP) is 1.57. The first-order valence-corrected chi connectivity index (χ1v) is 4.03. The SMILES string of the molecule is CCCCCOCC(C)O. The van der Waals surface area contributed by atoms with Gasteiger partial charge in [0.1, 0.15) is 0 Å². The minimum Gasteiger partial charge on any atom is -0.391 e. The summed E-state index contributed by atoms with van der Waals surface area (Å²) in [5, 5.41) is 8.78. The van der Waals surface area contributed by atoms with E-state index in [4.69, 9.17) is 9.84 Å². The summed E-state index contributed by atoms with van der Waals surface area (Å²) in [5.74, 6) is 0. The topological polar surface area (TPSA) is 29.5 Å². The van der Waals surface area contributed by atoms with E-state index in [1.54, 1.807) is 6.92 Å². The third kappa shape index (κ3) is 7.92. The van der Waals surface area contributed by atoms with Gasteiger partial charge in [0.2, 0.25) is 0 Å². The van der Waals surface area contributed by atoms with Crippen LogP contribution in [0.5, 0.6) is 0 Å². The van der Waals surface area contributed by atoms with Crippen LogP contribution < -0.4 is 0 Å². The Morgan fingerprint density at radius 3 is 2.60 bits per heavy atom. The van der Waals surface area contributed by atoms with Gasteiger partial charge in [-0.05, 0) is 13.3 Å². The second-order valence-corrected chi connectivity index (χ2v) is 2.63. The van der Waals surface area contributed by atoms with Gasteiger partial charge in [-0.1, -0.05) is 19.8 Å². The van der Waals surface area contributed by atoms with Gasteiger partial charge in [-0.15, -0.1) is 0 Å². The molecule has 2 heteroatoms. The van der Waals surface area contributed by atoms with Crippen molar-refractivity contribution >= 4 is 0 Å². The van der Waals surface area contributed by atoms with Crippen molar-refractivity contribution < 1.29 is 9.84 Å². The Kier molecular flexibility index (Phi) is 6.98. The van der Waals surface area contributed by atoms with Crippen LogP contribution in [0.4, 0.5) is 0 Å². The maximum atomic E-state index is 8.78. The minimum atomic E-state index is -0.318. The van der Waals surface area contributed by atoms with E-state index in [1.165, 1.54) is 12.8 Å². The van der Waals surface area contributed by atoms with Crippen LogP contribution in [0.2, 0.25) is 0 Å². The molecule has 0 amide bonds. The number of hydrogen-bond acceptors (Lipinski definition) is 2. The van der Waals surface area contributed by atoms with Gasteiger partial charge in [-0.3, -0.25) is 0 Å². The quantitative estimate of drug-likeness (QED) is 0.576. The van der Waals surface area contributed by atoms with Crippen LogP contribution in [0.3, 0.4) is 0 Å². The van der Waals surface area contributed by atoms with Gasteiger partial charge in [0.05, 0.1) is 12.7 Å². The third-order valence-electron chi connectivity index (χ3n) is 1.25. The van der Waals surface area contributed by atoms with Crippen LogP contribution in [-0.2, 0) is 4.74 Å². The Labute approximate surface area is 63.2 Å². The normalized spacial score (nSPS) is 13.5. The molecule has 0 aromatic rings. The molecule has 0 spiro atoms. The average Bonchev–Trinajstić information content (AvgIpc) is 1.87. The highest BCUT2D eigenvalue weighted by Gasteiger charge is 1.93. The van der Waals surface area contributed by atoms with Crippen molar-refractivity contribution in [3.05, 3.63) is 0 Å².